The highest BCUT2D eigenvalue weighted by Crippen LogP contribution is 2.23. The van der Waals surface area contributed by atoms with Crippen molar-refractivity contribution >= 4 is 29.3 Å². The minimum absolute atomic E-state index is 0.219. The van der Waals surface area contributed by atoms with Crippen LogP contribution in [0.4, 0.5) is 0 Å². The van der Waals surface area contributed by atoms with Crippen LogP contribution in [0.2, 0.25) is 0 Å². The molecular weight excluding hydrogens is 196 g/mol. The number of hydrogen-bond acceptors (Lipinski definition) is 6. The van der Waals surface area contributed by atoms with Gasteiger partial charge in [-0.05, 0) is 18.5 Å². The molecule has 12 heavy (non-hydrogen) atoms. The molecule has 0 N–H and O–H groups in total. The number of esters is 1. The number of methoxy groups -OCH3 is 1. The third-order valence-electron chi connectivity index (χ3n) is 1.15. The predicted molar refractivity (Wildman–Crippen MR) is 47.2 cm³/mol. The SMILES string of the molecule is COC(=O)C(C)Sc1ncns1. The maximum Gasteiger partial charge on any atom is 0.318 e. The summed E-state index contributed by atoms with van der Waals surface area (Å²) in [6, 6.07) is 0. The van der Waals surface area contributed by atoms with Crippen molar-refractivity contribution in [2.45, 2.75) is 16.5 Å². The molecule has 0 aliphatic heterocycles. The van der Waals surface area contributed by atoms with Crippen LogP contribution in [0.3, 0.4) is 0 Å². The van der Waals surface area contributed by atoms with Crippen LogP contribution in [0.5, 0.6) is 0 Å². The lowest BCUT2D eigenvalue weighted by atomic mass is 10.5. The molecule has 1 unspecified atom stereocenters. The van der Waals surface area contributed by atoms with E-state index in [0.717, 1.165) is 4.34 Å². The molecule has 1 atom stereocenters. The molecule has 0 saturated carbocycles. The van der Waals surface area contributed by atoms with E-state index < -0.39 is 0 Å². The Morgan fingerprint density at radius 3 is 3.08 bits per heavy atom. The molecule has 0 spiro atoms. The number of rotatable bonds is 3. The van der Waals surface area contributed by atoms with E-state index in [2.05, 4.69) is 14.1 Å². The first-order chi connectivity index (χ1) is 5.74. The van der Waals surface area contributed by atoms with Gasteiger partial charge in [-0.1, -0.05) is 11.8 Å². The Balaban J connectivity index is 2.47. The van der Waals surface area contributed by atoms with Gasteiger partial charge in [-0.2, -0.15) is 4.37 Å². The third-order valence-corrected chi connectivity index (χ3v) is 2.98. The highest BCUT2D eigenvalue weighted by atomic mass is 32.2. The van der Waals surface area contributed by atoms with Gasteiger partial charge in [0.2, 0.25) is 0 Å². The average Bonchev–Trinajstić information content (AvgIpc) is 2.55. The van der Waals surface area contributed by atoms with Crippen molar-refractivity contribution in [2.75, 3.05) is 7.11 Å². The molecule has 0 fully saturated rings. The standard InChI is InChI=1S/C6H8N2O2S2/c1-4(5(9)10-2)11-6-7-3-8-12-6/h3-4H,1-2H3. The number of aromatic nitrogens is 2. The first-order valence-corrected chi connectivity index (χ1v) is 4.90. The largest absolute Gasteiger partial charge is 0.468 e. The number of hydrogen-bond donors (Lipinski definition) is 0. The van der Waals surface area contributed by atoms with Crippen LogP contribution in [0.1, 0.15) is 6.92 Å². The Hall–Kier alpha value is -0.620. The summed E-state index contributed by atoms with van der Waals surface area (Å²) in [5, 5.41) is -0.219. The number of carbonyl (C=O) groups is 1. The zero-order valence-electron chi connectivity index (χ0n) is 6.68. The highest BCUT2D eigenvalue weighted by molar-refractivity contribution is 8.02. The zero-order valence-corrected chi connectivity index (χ0v) is 8.32. The summed E-state index contributed by atoms with van der Waals surface area (Å²) in [5.41, 5.74) is 0. The molecule has 0 saturated heterocycles. The Morgan fingerprint density at radius 1 is 1.83 bits per heavy atom. The zero-order chi connectivity index (χ0) is 8.97. The van der Waals surface area contributed by atoms with Gasteiger partial charge in [0.05, 0.1) is 7.11 Å². The molecule has 4 nitrogen and oxygen atoms in total. The minimum Gasteiger partial charge on any atom is -0.468 e. The van der Waals surface area contributed by atoms with E-state index >= 15 is 0 Å². The molecule has 66 valence electrons. The second-order valence-electron chi connectivity index (χ2n) is 1.99. The van der Waals surface area contributed by atoms with Gasteiger partial charge in [0, 0.05) is 0 Å². The second kappa shape index (κ2) is 4.42. The Labute approximate surface area is 78.5 Å². The van der Waals surface area contributed by atoms with Gasteiger partial charge in [-0.25, -0.2) is 4.98 Å². The van der Waals surface area contributed by atoms with Crippen molar-refractivity contribution in [3.05, 3.63) is 6.33 Å². The highest BCUT2D eigenvalue weighted by Gasteiger charge is 2.15. The molecule has 0 aliphatic carbocycles. The van der Waals surface area contributed by atoms with Crippen molar-refractivity contribution in [3.63, 3.8) is 0 Å². The summed E-state index contributed by atoms with van der Waals surface area (Å²) < 4.78 is 9.16. The summed E-state index contributed by atoms with van der Waals surface area (Å²) in [7, 11) is 1.37. The normalized spacial score (nSPS) is 12.5. The molecular formula is C6H8N2O2S2. The van der Waals surface area contributed by atoms with Gasteiger partial charge in [-0.15, -0.1) is 0 Å². The average molecular weight is 204 g/mol. The monoisotopic (exact) mass is 204 g/mol. The summed E-state index contributed by atoms with van der Waals surface area (Å²) in [6.07, 6.45) is 1.47. The molecule has 1 aromatic heterocycles. The number of ether oxygens (including phenoxy) is 1. The van der Waals surface area contributed by atoms with Gasteiger partial charge in [0.1, 0.15) is 11.6 Å². The van der Waals surface area contributed by atoms with Crippen molar-refractivity contribution in [2.24, 2.45) is 0 Å². The fraction of sp³-hybridized carbons (Fsp3) is 0.500. The van der Waals surface area contributed by atoms with E-state index in [1.165, 1.54) is 36.7 Å². The second-order valence-corrected chi connectivity index (χ2v) is 4.36. The molecule has 1 rings (SSSR count). The lowest BCUT2D eigenvalue weighted by molar-refractivity contribution is -0.139. The topological polar surface area (TPSA) is 52.1 Å². The van der Waals surface area contributed by atoms with Crippen LogP contribution < -0.4 is 0 Å². The van der Waals surface area contributed by atoms with Crippen molar-refractivity contribution in [1.29, 1.82) is 0 Å². The van der Waals surface area contributed by atoms with Crippen LogP contribution in [0.25, 0.3) is 0 Å². The van der Waals surface area contributed by atoms with Gasteiger partial charge < -0.3 is 4.74 Å². The molecule has 0 bridgehead atoms. The maximum absolute atomic E-state index is 11.0. The Morgan fingerprint density at radius 2 is 2.58 bits per heavy atom. The maximum atomic E-state index is 11.0. The van der Waals surface area contributed by atoms with Gasteiger partial charge in [0.25, 0.3) is 0 Å². The van der Waals surface area contributed by atoms with Crippen LogP contribution in [0, 0.1) is 0 Å². The first-order valence-electron chi connectivity index (χ1n) is 3.25. The van der Waals surface area contributed by atoms with E-state index in [4.69, 9.17) is 0 Å². The fourth-order valence-electron chi connectivity index (χ4n) is 0.580. The first kappa shape index (κ1) is 9.47. The summed E-state index contributed by atoms with van der Waals surface area (Å²) in [5.74, 6) is -0.241. The smallest absolute Gasteiger partial charge is 0.318 e. The van der Waals surface area contributed by atoms with E-state index in [0.29, 0.717) is 0 Å². The molecule has 0 aliphatic rings. The van der Waals surface area contributed by atoms with Gasteiger partial charge >= 0.3 is 5.97 Å². The van der Waals surface area contributed by atoms with Crippen LogP contribution in [-0.2, 0) is 9.53 Å². The van der Waals surface area contributed by atoms with E-state index in [1.54, 1.807) is 6.92 Å². The molecule has 0 amide bonds. The molecule has 6 heteroatoms. The fourth-order valence-corrected chi connectivity index (χ4v) is 2.20. The van der Waals surface area contributed by atoms with Gasteiger partial charge in [0.15, 0.2) is 4.34 Å². The summed E-state index contributed by atoms with van der Waals surface area (Å²) in [4.78, 5) is 14.9. The summed E-state index contributed by atoms with van der Waals surface area (Å²) >= 11 is 2.63. The van der Waals surface area contributed by atoms with Crippen molar-refractivity contribution in [1.82, 2.24) is 9.36 Å². The van der Waals surface area contributed by atoms with Crippen LogP contribution >= 0.6 is 23.3 Å². The predicted octanol–water partition coefficient (Wildman–Crippen LogP) is 1.19. The Kier molecular flexibility index (Phi) is 3.48. The van der Waals surface area contributed by atoms with Crippen molar-refractivity contribution in [3.8, 4) is 0 Å². The van der Waals surface area contributed by atoms with Crippen LogP contribution in [0.15, 0.2) is 10.7 Å². The molecule has 1 heterocycles. The molecule has 1 aromatic rings. The minimum atomic E-state index is -0.241. The molecule has 0 radical (unpaired) electrons. The van der Waals surface area contributed by atoms with E-state index in [-0.39, 0.29) is 11.2 Å². The van der Waals surface area contributed by atoms with E-state index in [9.17, 15) is 4.79 Å². The number of thioether (sulfide) groups is 1. The van der Waals surface area contributed by atoms with Crippen molar-refractivity contribution < 1.29 is 9.53 Å². The van der Waals surface area contributed by atoms with Gasteiger partial charge in [-0.3, -0.25) is 4.79 Å². The third kappa shape index (κ3) is 2.46. The lowest BCUT2D eigenvalue weighted by Crippen LogP contribution is -2.14. The molecule has 0 aromatic carbocycles. The number of nitrogens with zero attached hydrogens (tertiary/aromatic N) is 2. The Bertz CT molecular complexity index is 250. The van der Waals surface area contributed by atoms with Crippen LogP contribution in [-0.4, -0.2) is 27.7 Å². The van der Waals surface area contributed by atoms with E-state index in [1.807, 2.05) is 0 Å². The lowest BCUT2D eigenvalue weighted by Gasteiger charge is -2.04. The number of carbonyl (C=O) groups excluding carboxylic acids is 1. The quantitative estimate of drug-likeness (QED) is 0.547. The summed E-state index contributed by atoms with van der Waals surface area (Å²) in [6.45, 7) is 1.78.